The topological polar surface area (TPSA) is 41.5 Å². The Bertz CT molecular complexity index is 528. The summed E-state index contributed by atoms with van der Waals surface area (Å²) < 4.78 is 5.24. The summed E-state index contributed by atoms with van der Waals surface area (Å²) in [6.07, 6.45) is 0. The molecule has 0 aliphatic rings. The minimum absolute atomic E-state index is 0.0678. The van der Waals surface area contributed by atoms with Crippen LogP contribution in [0.5, 0.6) is 5.75 Å². The Kier molecular flexibility index (Phi) is 5.16. The second-order valence-corrected chi connectivity index (χ2v) is 4.81. The van der Waals surface area contributed by atoms with Gasteiger partial charge in [0, 0.05) is 6.04 Å². The molecule has 106 valence electrons. The maximum Gasteiger partial charge on any atom is 0.119 e. The average Bonchev–Trinajstić information content (AvgIpc) is 2.53. The van der Waals surface area contributed by atoms with Gasteiger partial charge in [0.2, 0.25) is 0 Å². The van der Waals surface area contributed by atoms with Gasteiger partial charge in [0.15, 0.2) is 0 Å². The van der Waals surface area contributed by atoms with Crippen molar-refractivity contribution < 1.29 is 9.84 Å². The highest BCUT2D eigenvalue weighted by Crippen LogP contribution is 2.22. The predicted octanol–water partition coefficient (Wildman–Crippen LogP) is 3.08. The van der Waals surface area contributed by atoms with Gasteiger partial charge < -0.3 is 15.2 Å². The molecule has 0 radical (unpaired) electrons. The number of aliphatic hydroxyl groups excluding tert-OH is 1. The minimum atomic E-state index is -0.0719. The number of hydrogen-bond donors (Lipinski definition) is 2. The maximum absolute atomic E-state index is 9.59. The second kappa shape index (κ2) is 7.08. The third-order valence-corrected chi connectivity index (χ3v) is 3.43. The Hall–Kier alpha value is -1.84. The van der Waals surface area contributed by atoms with Crippen LogP contribution in [0, 0.1) is 0 Å². The van der Waals surface area contributed by atoms with E-state index in [1.807, 2.05) is 48.5 Å². The molecular weight excluding hydrogens is 250 g/mol. The van der Waals surface area contributed by atoms with Gasteiger partial charge in [-0.15, -0.1) is 0 Å². The molecule has 0 aliphatic heterocycles. The number of hydrogen-bond acceptors (Lipinski definition) is 3. The van der Waals surface area contributed by atoms with Gasteiger partial charge in [-0.2, -0.15) is 0 Å². The van der Waals surface area contributed by atoms with E-state index in [0.29, 0.717) is 0 Å². The molecule has 0 saturated carbocycles. The molecule has 2 atom stereocenters. The van der Waals surface area contributed by atoms with Crippen molar-refractivity contribution in [2.45, 2.75) is 19.0 Å². The normalized spacial score (nSPS) is 13.8. The van der Waals surface area contributed by atoms with Crippen LogP contribution in [0.3, 0.4) is 0 Å². The van der Waals surface area contributed by atoms with E-state index in [-0.39, 0.29) is 18.7 Å². The molecule has 0 spiro atoms. The van der Waals surface area contributed by atoms with Gasteiger partial charge in [-0.1, -0.05) is 42.5 Å². The first kappa shape index (κ1) is 14.6. The highest BCUT2D eigenvalue weighted by molar-refractivity contribution is 5.30. The Morgan fingerprint density at radius 1 is 1.05 bits per heavy atom. The van der Waals surface area contributed by atoms with Crippen LogP contribution in [0.4, 0.5) is 0 Å². The van der Waals surface area contributed by atoms with Crippen LogP contribution >= 0.6 is 0 Å². The molecule has 2 aromatic carbocycles. The molecule has 1 unspecified atom stereocenters. The number of nitrogens with one attached hydrogen (secondary N) is 1. The average molecular weight is 271 g/mol. The molecule has 2 N–H and O–H groups in total. The van der Waals surface area contributed by atoms with Crippen LogP contribution in [0.1, 0.15) is 30.1 Å². The Morgan fingerprint density at radius 3 is 2.40 bits per heavy atom. The molecule has 3 heteroatoms. The summed E-state index contributed by atoms with van der Waals surface area (Å²) in [6, 6.07) is 18.0. The Morgan fingerprint density at radius 2 is 1.75 bits per heavy atom. The first-order chi connectivity index (χ1) is 9.74. The molecule has 0 amide bonds. The first-order valence-corrected chi connectivity index (χ1v) is 6.80. The molecule has 0 aliphatic carbocycles. The lowest BCUT2D eigenvalue weighted by Gasteiger charge is -2.22. The van der Waals surface area contributed by atoms with E-state index in [1.54, 1.807) is 7.11 Å². The van der Waals surface area contributed by atoms with Crippen molar-refractivity contribution >= 4 is 0 Å². The van der Waals surface area contributed by atoms with E-state index in [1.165, 1.54) is 0 Å². The van der Waals surface area contributed by atoms with Gasteiger partial charge in [-0.3, -0.25) is 0 Å². The second-order valence-electron chi connectivity index (χ2n) is 4.81. The highest BCUT2D eigenvalue weighted by atomic mass is 16.5. The summed E-state index contributed by atoms with van der Waals surface area (Å²) in [7, 11) is 1.66. The van der Waals surface area contributed by atoms with Crippen LogP contribution < -0.4 is 10.1 Å². The van der Waals surface area contributed by atoms with Crippen molar-refractivity contribution in [1.82, 2.24) is 5.32 Å². The number of rotatable bonds is 6. The summed E-state index contributed by atoms with van der Waals surface area (Å²) in [5.74, 6) is 0.844. The molecular formula is C17H21NO2. The minimum Gasteiger partial charge on any atom is -0.497 e. The zero-order chi connectivity index (χ0) is 14.4. The number of benzene rings is 2. The van der Waals surface area contributed by atoms with Crippen LogP contribution in [0.25, 0.3) is 0 Å². The molecule has 2 aromatic rings. The zero-order valence-corrected chi connectivity index (χ0v) is 11.9. The number of aliphatic hydroxyl groups is 1. The summed E-state index contributed by atoms with van der Waals surface area (Å²) in [6.45, 7) is 2.15. The number of methoxy groups -OCH3 is 1. The molecule has 0 saturated heterocycles. The van der Waals surface area contributed by atoms with Crippen molar-refractivity contribution in [2.24, 2.45) is 0 Å². The SMILES string of the molecule is COc1cccc(C(C)N[C@H](CO)c2ccccc2)c1. The van der Waals surface area contributed by atoms with E-state index >= 15 is 0 Å². The molecule has 20 heavy (non-hydrogen) atoms. The monoisotopic (exact) mass is 271 g/mol. The smallest absolute Gasteiger partial charge is 0.119 e. The number of ether oxygens (including phenoxy) is 1. The van der Waals surface area contributed by atoms with E-state index in [2.05, 4.69) is 18.3 Å². The molecule has 3 nitrogen and oxygen atoms in total. The van der Waals surface area contributed by atoms with Crippen LogP contribution in [0.15, 0.2) is 54.6 Å². The molecule has 0 bridgehead atoms. The fourth-order valence-electron chi connectivity index (χ4n) is 2.25. The lowest BCUT2D eigenvalue weighted by Crippen LogP contribution is -2.27. The highest BCUT2D eigenvalue weighted by Gasteiger charge is 2.14. The van der Waals surface area contributed by atoms with Gasteiger partial charge >= 0.3 is 0 Å². The summed E-state index contributed by atoms with van der Waals surface area (Å²) in [4.78, 5) is 0. The maximum atomic E-state index is 9.59. The van der Waals surface area contributed by atoms with Gasteiger partial charge in [-0.05, 0) is 30.2 Å². The van der Waals surface area contributed by atoms with Gasteiger partial charge in [0.25, 0.3) is 0 Å². The van der Waals surface area contributed by atoms with Crippen molar-refractivity contribution in [3.8, 4) is 5.75 Å². The van der Waals surface area contributed by atoms with Gasteiger partial charge in [-0.25, -0.2) is 0 Å². The fraction of sp³-hybridized carbons (Fsp3) is 0.294. The summed E-state index contributed by atoms with van der Waals surface area (Å²) >= 11 is 0. The predicted molar refractivity (Wildman–Crippen MR) is 80.8 cm³/mol. The van der Waals surface area contributed by atoms with E-state index in [4.69, 9.17) is 4.74 Å². The quantitative estimate of drug-likeness (QED) is 0.848. The largest absolute Gasteiger partial charge is 0.497 e. The van der Waals surface area contributed by atoms with Crippen molar-refractivity contribution in [3.63, 3.8) is 0 Å². The van der Waals surface area contributed by atoms with Crippen molar-refractivity contribution in [1.29, 1.82) is 0 Å². The summed E-state index contributed by atoms with van der Waals surface area (Å²) in [5.41, 5.74) is 2.23. The molecule has 0 aromatic heterocycles. The first-order valence-electron chi connectivity index (χ1n) is 6.80. The van der Waals surface area contributed by atoms with Crippen molar-refractivity contribution in [3.05, 3.63) is 65.7 Å². The third-order valence-electron chi connectivity index (χ3n) is 3.43. The Balaban J connectivity index is 2.11. The van der Waals surface area contributed by atoms with E-state index < -0.39 is 0 Å². The van der Waals surface area contributed by atoms with Gasteiger partial charge in [0.1, 0.15) is 5.75 Å². The van der Waals surface area contributed by atoms with Crippen LogP contribution in [-0.4, -0.2) is 18.8 Å². The van der Waals surface area contributed by atoms with Crippen LogP contribution in [0.2, 0.25) is 0 Å². The lowest BCUT2D eigenvalue weighted by atomic mass is 10.0. The van der Waals surface area contributed by atoms with Crippen molar-refractivity contribution in [2.75, 3.05) is 13.7 Å². The van der Waals surface area contributed by atoms with Crippen LogP contribution in [-0.2, 0) is 0 Å². The summed E-state index contributed by atoms with van der Waals surface area (Å²) in [5, 5.41) is 13.0. The van der Waals surface area contributed by atoms with E-state index in [0.717, 1.165) is 16.9 Å². The molecule has 2 rings (SSSR count). The fourth-order valence-corrected chi connectivity index (χ4v) is 2.25. The molecule has 0 heterocycles. The van der Waals surface area contributed by atoms with E-state index in [9.17, 15) is 5.11 Å². The molecule has 0 fully saturated rings. The Labute approximate surface area is 120 Å². The van der Waals surface area contributed by atoms with Gasteiger partial charge in [0.05, 0.1) is 19.8 Å². The zero-order valence-electron chi connectivity index (χ0n) is 11.9. The third kappa shape index (κ3) is 3.59. The standard InChI is InChI=1S/C17H21NO2/c1-13(15-9-6-10-16(11-15)20-2)18-17(12-19)14-7-4-3-5-8-14/h3-11,13,17-19H,12H2,1-2H3/t13?,17-/m1/s1. The lowest BCUT2D eigenvalue weighted by molar-refractivity contribution is 0.235.